The Kier molecular flexibility index (Phi) is 3.82. The Hall–Kier alpha value is -1.21. The zero-order chi connectivity index (χ0) is 13.3. The van der Waals surface area contributed by atoms with Crippen LogP contribution < -0.4 is 0 Å². The predicted molar refractivity (Wildman–Crippen MR) is 80.7 cm³/mol. The third-order valence-electron chi connectivity index (χ3n) is 3.35. The second-order valence-corrected chi connectivity index (χ2v) is 6.16. The molecule has 0 spiro atoms. The van der Waals surface area contributed by atoms with Crippen LogP contribution in [0.1, 0.15) is 27.8 Å². The minimum Gasteiger partial charge on any atom is -0.0895 e. The monoisotopic (exact) mass is 256 g/mol. The van der Waals surface area contributed by atoms with Crippen molar-refractivity contribution in [2.24, 2.45) is 0 Å². The molecule has 0 N–H and O–H groups in total. The summed E-state index contributed by atoms with van der Waals surface area (Å²) in [5.41, 5.74) is 6.78. The molecule has 0 aliphatic carbocycles. The molecule has 0 bridgehead atoms. The number of hydrogen-bond donors (Lipinski definition) is 0. The lowest BCUT2D eigenvalue weighted by Gasteiger charge is -2.11. The molecular weight excluding hydrogens is 236 g/mol. The van der Waals surface area contributed by atoms with Gasteiger partial charge in [0.1, 0.15) is 0 Å². The van der Waals surface area contributed by atoms with Gasteiger partial charge in [0.15, 0.2) is 0 Å². The van der Waals surface area contributed by atoms with Gasteiger partial charge < -0.3 is 0 Å². The van der Waals surface area contributed by atoms with E-state index in [0.29, 0.717) is 0 Å². The first-order valence-corrected chi connectivity index (χ1v) is 7.12. The van der Waals surface area contributed by atoms with Crippen LogP contribution in [0.5, 0.6) is 0 Å². The molecule has 0 saturated carbocycles. The van der Waals surface area contributed by atoms with Gasteiger partial charge in [-0.05, 0) is 74.6 Å². The molecule has 1 heteroatoms. The minimum absolute atomic E-state index is 1.32. The van der Waals surface area contributed by atoms with Crippen LogP contribution in [-0.4, -0.2) is 0 Å². The second-order valence-electron chi connectivity index (χ2n) is 5.07. The third-order valence-corrected chi connectivity index (χ3v) is 4.67. The molecule has 0 amide bonds. The van der Waals surface area contributed by atoms with Crippen molar-refractivity contribution < 1.29 is 0 Å². The summed E-state index contributed by atoms with van der Waals surface area (Å²) in [6.07, 6.45) is 0. The Morgan fingerprint density at radius 3 is 1.94 bits per heavy atom. The van der Waals surface area contributed by atoms with Crippen molar-refractivity contribution in [2.45, 2.75) is 44.4 Å². The summed E-state index contributed by atoms with van der Waals surface area (Å²) in [5.74, 6) is 0. The van der Waals surface area contributed by atoms with Crippen molar-refractivity contribution in [1.29, 1.82) is 0 Å². The second kappa shape index (κ2) is 5.19. The highest BCUT2D eigenvalue weighted by Crippen LogP contribution is 2.34. The quantitative estimate of drug-likeness (QED) is 0.695. The van der Waals surface area contributed by atoms with Crippen LogP contribution in [0.25, 0.3) is 0 Å². The molecule has 0 saturated heterocycles. The zero-order valence-corrected chi connectivity index (χ0v) is 12.6. The number of rotatable bonds is 2. The maximum absolute atomic E-state index is 2.30. The first-order valence-electron chi connectivity index (χ1n) is 6.30. The molecule has 2 rings (SSSR count). The van der Waals surface area contributed by atoms with Gasteiger partial charge in [-0.15, -0.1) is 0 Å². The van der Waals surface area contributed by atoms with Crippen molar-refractivity contribution in [3.8, 4) is 0 Å². The first-order chi connectivity index (χ1) is 8.47. The van der Waals surface area contributed by atoms with E-state index in [1.807, 2.05) is 11.8 Å². The van der Waals surface area contributed by atoms with E-state index in [2.05, 4.69) is 65.0 Å². The van der Waals surface area contributed by atoms with Crippen molar-refractivity contribution in [1.82, 2.24) is 0 Å². The standard InChI is InChI=1S/C17H20S/c1-11-6-7-12(2)16(8-11)18-17-10-14(4)13(3)9-15(17)5/h6-10H,1-5H3. The summed E-state index contributed by atoms with van der Waals surface area (Å²) in [6.45, 7) is 10.9. The molecule has 0 aliphatic heterocycles. The number of aryl methyl sites for hydroxylation is 5. The van der Waals surface area contributed by atoms with E-state index in [1.165, 1.54) is 37.6 Å². The van der Waals surface area contributed by atoms with Crippen molar-refractivity contribution >= 4 is 11.8 Å². The highest BCUT2D eigenvalue weighted by Gasteiger charge is 2.06. The number of benzene rings is 2. The van der Waals surface area contributed by atoms with Crippen molar-refractivity contribution in [3.63, 3.8) is 0 Å². The van der Waals surface area contributed by atoms with Gasteiger partial charge in [-0.25, -0.2) is 0 Å². The van der Waals surface area contributed by atoms with Crippen LogP contribution in [0.4, 0.5) is 0 Å². The van der Waals surface area contributed by atoms with E-state index in [0.717, 1.165) is 0 Å². The Labute approximate surface area is 114 Å². The lowest BCUT2D eigenvalue weighted by molar-refractivity contribution is 1.20. The fourth-order valence-electron chi connectivity index (χ4n) is 1.98. The molecule has 0 aromatic heterocycles. The molecule has 2 aromatic carbocycles. The molecule has 0 heterocycles. The van der Waals surface area contributed by atoms with Crippen LogP contribution >= 0.6 is 11.8 Å². The van der Waals surface area contributed by atoms with E-state index >= 15 is 0 Å². The Bertz CT molecular complexity index is 582. The Balaban J connectivity index is 2.40. The summed E-state index contributed by atoms with van der Waals surface area (Å²) in [7, 11) is 0. The van der Waals surface area contributed by atoms with Gasteiger partial charge in [0.25, 0.3) is 0 Å². The maximum Gasteiger partial charge on any atom is 0.0154 e. The van der Waals surface area contributed by atoms with E-state index < -0.39 is 0 Å². The lowest BCUT2D eigenvalue weighted by Crippen LogP contribution is -1.88. The average molecular weight is 256 g/mol. The van der Waals surface area contributed by atoms with Gasteiger partial charge in [-0.3, -0.25) is 0 Å². The summed E-state index contributed by atoms with van der Waals surface area (Å²) in [4.78, 5) is 2.73. The highest BCUT2D eigenvalue weighted by molar-refractivity contribution is 7.99. The SMILES string of the molecule is Cc1ccc(C)c(Sc2cc(C)c(C)cc2C)c1. The summed E-state index contributed by atoms with van der Waals surface area (Å²) < 4.78 is 0. The van der Waals surface area contributed by atoms with Crippen LogP contribution in [0.15, 0.2) is 40.1 Å². The molecule has 0 aliphatic rings. The summed E-state index contributed by atoms with van der Waals surface area (Å²) in [5, 5.41) is 0. The van der Waals surface area contributed by atoms with Gasteiger partial charge >= 0.3 is 0 Å². The van der Waals surface area contributed by atoms with Crippen molar-refractivity contribution in [3.05, 3.63) is 58.1 Å². The molecule has 18 heavy (non-hydrogen) atoms. The fourth-order valence-corrected chi connectivity index (χ4v) is 3.15. The topological polar surface area (TPSA) is 0 Å². The van der Waals surface area contributed by atoms with Crippen LogP contribution in [0.2, 0.25) is 0 Å². The van der Waals surface area contributed by atoms with Gasteiger partial charge in [0, 0.05) is 9.79 Å². The lowest BCUT2D eigenvalue weighted by atomic mass is 10.1. The molecule has 0 atom stereocenters. The molecule has 0 unspecified atom stereocenters. The summed E-state index contributed by atoms with van der Waals surface area (Å²) in [6, 6.07) is 11.2. The molecule has 0 nitrogen and oxygen atoms in total. The smallest absolute Gasteiger partial charge is 0.0154 e. The first kappa shape index (κ1) is 13.2. The van der Waals surface area contributed by atoms with Crippen LogP contribution in [0, 0.1) is 34.6 Å². The Morgan fingerprint density at radius 2 is 1.22 bits per heavy atom. The van der Waals surface area contributed by atoms with E-state index in [4.69, 9.17) is 0 Å². The van der Waals surface area contributed by atoms with E-state index in [-0.39, 0.29) is 0 Å². The predicted octanol–water partition coefficient (Wildman–Crippen LogP) is 5.38. The van der Waals surface area contributed by atoms with Gasteiger partial charge in [-0.2, -0.15) is 0 Å². The zero-order valence-electron chi connectivity index (χ0n) is 11.8. The van der Waals surface area contributed by atoms with E-state index in [1.54, 1.807) is 0 Å². The minimum atomic E-state index is 1.32. The van der Waals surface area contributed by atoms with Crippen molar-refractivity contribution in [2.75, 3.05) is 0 Å². The molecule has 0 fully saturated rings. The van der Waals surface area contributed by atoms with Gasteiger partial charge in [0.05, 0.1) is 0 Å². The third kappa shape index (κ3) is 2.78. The highest BCUT2D eigenvalue weighted by atomic mass is 32.2. The molecule has 2 aromatic rings. The van der Waals surface area contributed by atoms with E-state index in [9.17, 15) is 0 Å². The fraction of sp³-hybridized carbons (Fsp3) is 0.294. The normalized spacial score (nSPS) is 10.7. The number of hydrogen-bond acceptors (Lipinski definition) is 1. The average Bonchev–Trinajstić information content (AvgIpc) is 2.30. The van der Waals surface area contributed by atoms with Crippen LogP contribution in [-0.2, 0) is 0 Å². The molecule has 0 radical (unpaired) electrons. The van der Waals surface area contributed by atoms with Gasteiger partial charge in [0.2, 0.25) is 0 Å². The molecular formula is C17H20S. The molecule has 94 valence electrons. The largest absolute Gasteiger partial charge is 0.0895 e. The summed E-state index contributed by atoms with van der Waals surface area (Å²) >= 11 is 1.88. The van der Waals surface area contributed by atoms with Gasteiger partial charge in [-0.1, -0.05) is 30.0 Å². The maximum atomic E-state index is 2.30. The van der Waals surface area contributed by atoms with Crippen LogP contribution in [0.3, 0.4) is 0 Å². The Morgan fingerprint density at radius 1 is 0.611 bits per heavy atom.